The summed E-state index contributed by atoms with van der Waals surface area (Å²) >= 11 is 0. The molecule has 3 saturated heterocycles. The molecule has 0 spiro atoms. The van der Waals surface area contributed by atoms with Crippen LogP contribution >= 0.6 is 0 Å². The zero-order valence-corrected chi connectivity index (χ0v) is 28.4. The molecule has 1 amide bonds. The molecule has 0 saturated carbocycles. The first-order valence-corrected chi connectivity index (χ1v) is 17.9. The van der Waals surface area contributed by atoms with Gasteiger partial charge in [-0.3, -0.25) is 15.0 Å². The number of nitrogens with zero attached hydrogens (tertiary/aromatic N) is 1. The van der Waals surface area contributed by atoms with Gasteiger partial charge in [-0.1, -0.05) is 89.7 Å². The summed E-state index contributed by atoms with van der Waals surface area (Å²) in [6, 6.07) is 6.74. The summed E-state index contributed by atoms with van der Waals surface area (Å²) in [6.07, 6.45) is 13.8. The van der Waals surface area contributed by atoms with Crippen molar-refractivity contribution in [2.75, 3.05) is 31.6 Å². The number of carboxylic acid groups (broad SMARTS) is 1. The Morgan fingerprint density at radius 1 is 0.935 bits per heavy atom. The zero-order chi connectivity index (χ0) is 32.8. The standard InChI is InChI=1S/C36H58N2O8/c1-4-5-6-7-8-9-10-11-14-17-24-42-32-31(44-34-33(32)45-36(2,3)46-34)29(26-38-22-15-12-13-16-23-38)43-35(41)37-28-20-18-27(19-21-28)25-30(39)40/h18-21,29,31-34H,4-17,22-26H2,1-3H3,(H,37,41)(H,39,40)/t29?,31-,32+,33-,34-/m1/s1. The van der Waals surface area contributed by atoms with E-state index in [4.69, 9.17) is 28.8 Å². The van der Waals surface area contributed by atoms with Crippen LogP contribution in [-0.4, -0.2) is 84.8 Å². The number of unbranched alkanes of at least 4 members (excludes halogenated alkanes) is 9. The number of likely N-dealkylation sites (tertiary alicyclic amines) is 1. The molecular formula is C36H58N2O8. The lowest BCUT2D eigenvalue weighted by Gasteiger charge is -2.33. The number of carboxylic acids is 1. The molecule has 1 aromatic rings. The summed E-state index contributed by atoms with van der Waals surface area (Å²) in [5.74, 6) is -1.69. The van der Waals surface area contributed by atoms with Gasteiger partial charge in [0.05, 0.1) is 6.42 Å². The highest BCUT2D eigenvalue weighted by Crippen LogP contribution is 2.40. The molecule has 3 heterocycles. The Morgan fingerprint density at radius 3 is 2.20 bits per heavy atom. The van der Waals surface area contributed by atoms with Gasteiger partial charge < -0.3 is 28.8 Å². The molecule has 10 heteroatoms. The van der Waals surface area contributed by atoms with Crippen molar-refractivity contribution in [3.63, 3.8) is 0 Å². The highest BCUT2D eigenvalue weighted by molar-refractivity contribution is 5.84. The van der Waals surface area contributed by atoms with E-state index in [0.29, 0.717) is 24.4 Å². The van der Waals surface area contributed by atoms with Gasteiger partial charge in [0.15, 0.2) is 12.1 Å². The van der Waals surface area contributed by atoms with E-state index >= 15 is 0 Å². The van der Waals surface area contributed by atoms with Crippen molar-refractivity contribution in [1.82, 2.24) is 4.90 Å². The third kappa shape index (κ3) is 12.1. The number of hydrogen-bond acceptors (Lipinski definition) is 8. The maximum Gasteiger partial charge on any atom is 0.412 e. The first kappa shape index (κ1) is 36.6. The summed E-state index contributed by atoms with van der Waals surface area (Å²) in [7, 11) is 0. The quantitative estimate of drug-likeness (QED) is 0.150. The first-order chi connectivity index (χ1) is 22.2. The molecular weight excluding hydrogens is 588 g/mol. The number of hydrogen-bond donors (Lipinski definition) is 2. The molecule has 0 aliphatic carbocycles. The highest BCUT2D eigenvalue weighted by Gasteiger charge is 2.58. The lowest BCUT2D eigenvalue weighted by Crippen LogP contribution is -2.50. The van der Waals surface area contributed by atoms with Crippen LogP contribution < -0.4 is 5.32 Å². The highest BCUT2D eigenvalue weighted by atomic mass is 16.8. The van der Waals surface area contributed by atoms with Crippen LogP contribution in [0.1, 0.15) is 116 Å². The molecule has 3 aliphatic rings. The summed E-state index contributed by atoms with van der Waals surface area (Å²) < 4.78 is 31.5. The van der Waals surface area contributed by atoms with Gasteiger partial charge in [0.1, 0.15) is 24.4 Å². The second kappa shape index (κ2) is 18.9. The van der Waals surface area contributed by atoms with Crippen LogP contribution in [0.5, 0.6) is 0 Å². The number of carbonyl (C=O) groups is 2. The molecule has 0 aromatic heterocycles. The number of amides is 1. The predicted octanol–water partition coefficient (Wildman–Crippen LogP) is 7.29. The SMILES string of the molecule is CCCCCCCCCCCCO[C@@H]1[C@H]2OC(C)(C)O[C@H]2O[C@@H]1C(CN1CCCCCC1)OC(=O)Nc1ccc(CC(=O)O)cc1. The lowest BCUT2D eigenvalue weighted by molar-refractivity contribution is -0.230. The fraction of sp³-hybridized carbons (Fsp3) is 0.778. The normalized spacial score (nSPS) is 25.1. The number of ether oxygens (including phenoxy) is 5. The molecule has 3 aliphatic heterocycles. The van der Waals surface area contributed by atoms with E-state index in [1.807, 2.05) is 13.8 Å². The Morgan fingerprint density at radius 2 is 1.57 bits per heavy atom. The van der Waals surface area contributed by atoms with Gasteiger partial charge in [-0.2, -0.15) is 0 Å². The van der Waals surface area contributed by atoms with Crippen LogP contribution in [0.2, 0.25) is 0 Å². The minimum atomic E-state index is -0.904. The van der Waals surface area contributed by atoms with E-state index in [2.05, 4.69) is 17.1 Å². The smallest absolute Gasteiger partial charge is 0.412 e. The Kier molecular flexibility index (Phi) is 15.1. The number of nitrogens with one attached hydrogen (secondary N) is 1. The van der Waals surface area contributed by atoms with Crippen LogP contribution in [0.3, 0.4) is 0 Å². The number of benzene rings is 1. The topological polar surface area (TPSA) is 116 Å². The van der Waals surface area contributed by atoms with Gasteiger partial charge in [0.25, 0.3) is 0 Å². The van der Waals surface area contributed by atoms with Crippen molar-refractivity contribution in [3.8, 4) is 0 Å². The van der Waals surface area contributed by atoms with Crippen molar-refractivity contribution in [2.45, 2.75) is 154 Å². The average Bonchev–Trinajstić information content (AvgIpc) is 3.34. The molecule has 4 rings (SSSR count). The number of aliphatic carboxylic acids is 1. The molecule has 46 heavy (non-hydrogen) atoms. The van der Waals surface area contributed by atoms with Crippen molar-refractivity contribution in [3.05, 3.63) is 29.8 Å². The van der Waals surface area contributed by atoms with E-state index in [1.165, 1.54) is 64.2 Å². The summed E-state index contributed by atoms with van der Waals surface area (Å²) in [5, 5.41) is 11.9. The van der Waals surface area contributed by atoms with Crippen molar-refractivity contribution < 1.29 is 38.4 Å². The van der Waals surface area contributed by atoms with Gasteiger partial charge in [0, 0.05) is 18.8 Å². The minimum Gasteiger partial charge on any atom is -0.481 e. The number of rotatable bonds is 19. The summed E-state index contributed by atoms with van der Waals surface area (Å²) in [5.41, 5.74) is 1.18. The lowest BCUT2D eigenvalue weighted by atomic mass is 10.0. The molecule has 2 N–H and O–H groups in total. The third-order valence-electron chi connectivity index (χ3n) is 9.15. The average molecular weight is 647 g/mol. The van der Waals surface area contributed by atoms with Crippen molar-refractivity contribution >= 4 is 17.7 Å². The van der Waals surface area contributed by atoms with E-state index in [9.17, 15) is 9.59 Å². The van der Waals surface area contributed by atoms with E-state index in [1.54, 1.807) is 24.3 Å². The molecule has 0 bridgehead atoms. The Balaban J connectivity index is 1.37. The maximum atomic E-state index is 13.3. The molecule has 3 fully saturated rings. The molecule has 260 valence electrons. The maximum absolute atomic E-state index is 13.3. The monoisotopic (exact) mass is 646 g/mol. The number of anilines is 1. The third-order valence-corrected chi connectivity index (χ3v) is 9.15. The van der Waals surface area contributed by atoms with E-state index in [-0.39, 0.29) is 6.42 Å². The fourth-order valence-electron chi connectivity index (χ4n) is 6.75. The fourth-order valence-corrected chi connectivity index (χ4v) is 6.75. The van der Waals surface area contributed by atoms with Gasteiger partial charge >= 0.3 is 12.1 Å². The van der Waals surface area contributed by atoms with Gasteiger partial charge in [0.2, 0.25) is 0 Å². The molecule has 1 aromatic carbocycles. The predicted molar refractivity (Wildman–Crippen MR) is 177 cm³/mol. The van der Waals surface area contributed by atoms with Crippen LogP contribution in [0, 0.1) is 0 Å². The molecule has 0 radical (unpaired) electrons. The second-order valence-electron chi connectivity index (χ2n) is 13.6. The zero-order valence-electron chi connectivity index (χ0n) is 28.4. The number of carbonyl (C=O) groups excluding carboxylic acids is 1. The Labute approximate surface area is 275 Å². The number of fused-ring (bicyclic) bond motifs is 1. The van der Waals surface area contributed by atoms with Gasteiger partial charge in [-0.25, -0.2) is 4.79 Å². The largest absolute Gasteiger partial charge is 0.481 e. The molecule has 10 nitrogen and oxygen atoms in total. The van der Waals surface area contributed by atoms with Crippen LogP contribution in [0.25, 0.3) is 0 Å². The summed E-state index contributed by atoms with van der Waals surface area (Å²) in [6.45, 7) is 9.00. The molecule has 1 unspecified atom stereocenters. The van der Waals surface area contributed by atoms with Gasteiger partial charge in [-0.15, -0.1) is 0 Å². The van der Waals surface area contributed by atoms with E-state index in [0.717, 1.165) is 38.8 Å². The molecule has 5 atom stereocenters. The van der Waals surface area contributed by atoms with E-state index < -0.39 is 48.6 Å². The summed E-state index contributed by atoms with van der Waals surface area (Å²) in [4.78, 5) is 26.7. The van der Waals surface area contributed by atoms with Crippen molar-refractivity contribution in [1.29, 1.82) is 0 Å². The van der Waals surface area contributed by atoms with Crippen LogP contribution in [-0.2, 0) is 34.9 Å². The first-order valence-electron chi connectivity index (χ1n) is 17.9. The van der Waals surface area contributed by atoms with Crippen molar-refractivity contribution in [2.24, 2.45) is 0 Å². The Bertz CT molecular complexity index is 1040. The van der Waals surface area contributed by atoms with Crippen LogP contribution in [0.15, 0.2) is 24.3 Å². The minimum absolute atomic E-state index is 0.0779. The van der Waals surface area contributed by atoms with Gasteiger partial charge in [-0.05, 0) is 63.9 Å². The second-order valence-corrected chi connectivity index (χ2v) is 13.6. The Hall–Kier alpha value is -2.24. The van der Waals surface area contributed by atoms with Crippen LogP contribution in [0.4, 0.5) is 10.5 Å².